The molecule has 0 unspecified atom stereocenters. The smallest absolute Gasteiger partial charge is 0.407 e. The molecule has 1 aliphatic rings. The number of alkyl carbamates (subject to hydrolysis) is 1. The maximum atomic E-state index is 11.9. The standard InChI is InChI=1S/C19H19NO5.C8H18O/c1-11(21)17(18(22)23)20-19(24)25-10-16-14-8-4-2-6-12(14)13-7-3-5-9-15(13)16;1-7(2,3)9-8(4,5)6/h2-9,11,16-17,21H,10H2,1H3,(H,20,24)(H,22,23);1-6H3/t11-,17+;/m1./s1. The zero-order chi connectivity index (χ0) is 25.7. The Morgan fingerprint density at radius 3 is 1.71 bits per heavy atom. The van der Waals surface area contributed by atoms with E-state index in [1.54, 1.807) is 0 Å². The van der Waals surface area contributed by atoms with E-state index in [0.29, 0.717) is 0 Å². The summed E-state index contributed by atoms with van der Waals surface area (Å²) in [5.41, 5.74) is 4.33. The summed E-state index contributed by atoms with van der Waals surface area (Å²) in [7, 11) is 0. The largest absolute Gasteiger partial charge is 0.480 e. The monoisotopic (exact) mass is 471 g/mol. The molecule has 0 heterocycles. The summed E-state index contributed by atoms with van der Waals surface area (Å²) in [6.07, 6.45) is -2.09. The molecule has 0 bridgehead atoms. The summed E-state index contributed by atoms with van der Waals surface area (Å²) in [6, 6.07) is 14.4. The van der Waals surface area contributed by atoms with Gasteiger partial charge in [-0.25, -0.2) is 9.59 Å². The molecular formula is C27H37NO6. The minimum atomic E-state index is -1.41. The molecule has 0 aliphatic heterocycles. The van der Waals surface area contributed by atoms with Crippen LogP contribution in [0.4, 0.5) is 4.79 Å². The first-order chi connectivity index (χ1) is 15.7. The van der Waals surface area contributed by atoms with E-state index in [9.17, 15) is 14.7 Å². The Morgan fingerprint density at radius 1 is 0.912 bits per heavy atom. The molecule has 0 saturated carbocycles. The predicted molar refractivity (Wildman–Crippen MR) is 132 cm³/mol. The zero-order valence-corrected chi connectivity index (χ0v) is 21.1. The van der Waals surface area contributed by atoms with Crippen molar-refractivity contribution in [1.82, 2.24) is 5.32 Å². The van der Waals surface area contributed by atoms with E-state index in [1.807, 2.05) is 48.5 Å². The second-order valence-electron chi connectivity index (χ2n) is 10.4. The lowest BCUT2D eigenvalue weighted by atomic mass is 9.98. The van der Waals surface area contributed by atoms with Gasteiger partial charge in [-0.3, -0.25) is 0 Å². The molecule has 1 aliphatic carbocycles. The molecule has 3 N–H and O–H groups in total. The highest BCUT2D eigenvalue weighted by atomic mass is 16.5. The van der Waals surface area contributed by atoms with E-state index < -0.39 is 24.2 Å². The van der Waals surface area contributed by atoms with Crippen molar-refractivity contribution in [2.24, 2.45) is 0 Å². The van der Waals surface area contributed by atoms with Crippen molar-refractivity contribution in [1.29, 1.82) is 0 Å². The lowest BCUT2D eigenvalue weighted by molar-refractivity contribution is -0.142. The number of hydrogen-bond donors (Lipinski definition) is 3. The highest BCUT2D eigenvalue weighted by Gasteiger charge is 2.30. The van der Waals surface area contributed by atoms with Gasteiger partial charge in [0.1, 0.15) is 6.61 Å². The number of benzene rings is 2. The normalized spacial score (nSPS) is 14.7. The first-order valence-electron chi connectivity index (χ1n) is 11.4. The van der Waals surface area contributed by atoms with E-state index >= 15 is 0 Å². The van der Waals surface area contributed by atoms with Crippen LogP contribution in [0.3, 0.4) is 0 Å². The average molecular weight is 472 g/mol. The number of ether oxygens (including phenoxy) is 2. The van der Waals surface area contributed by atoms with Crippen LogP contribution in [0.2, 0.25) is 0 Å². The number of carboxylic acids is 1. The molecule has 2 atom stereocenters. The highest BCUT2D eigenvalue weighted by molar-refractivity contribution is 5.81. The topological polar surface area (TPSA) is 105 Å². The van der Waals surface area contributed by atoms with Crippen LogP contribution in [-0.4, -0.2) is 52.2 Å². The maximum Gasteiger partial charge on any atom is 0.407 e. The number of carbonyl (C=O) groups is 2. The van der Waals surface area contributed by atoms with Gasteiger partial charge >= 0.3 is 12.1 Å². The summed E-state index contributed by atoms with van der Waals surface area (Å²) in [4.78, 5) is 23.0. The Hall–Kier alpha value is -2.90. The summed E-state index contributed by atoms with van der Waals surface area (Å²) in [5, 5.41) is 20.6. The van der Waals surface area contributed by atoms with Crippen molar-refractivity contribution in [3.8, 4) is 11.1 Å². The summed E-state index contributed by atoms with van der Waals surface area (Å²) in [6.45, 7) is 13.8. The molecule has 1 amide bonds. The minimum Gasteiger partial charge on any atom is -0.480 e. The average Bonchev–Trinajstić information content (AvgIpc) is 3.01. The van der Waals surface area contributed by atoms with Gasteiger partial charge in [0, 0.05) is 5.92 Å². The number of aliphatic carboxylic acids is 1. The van der Waals surface area contributed by atoms with E-state index in [0.717, 1.165) is 22.3 Å². The molecule has 7 nitrogen and oxygen atoms in total. The fourth-order valence-corrected chi connectivity index (χ4v) is 4.07. The van der Waals surface area contributed by atoms with Crippen LogP contribution in [0.25, 0.3) is 11.1 Å². The molecule has 0 aromatic heterocycles. The molecular weight excluding hydrogens is 434 g/mol. The Bertz CT molecular complexity index is 930. The van der Waals surface area contributed by atoms with Gasteiger partial charge < -0.3 is 25.0 Å². The molecule has 2 aromatic carbocycles. The molecule has 7 heteroatoms. The van der Waals surface area contributed by atoms with Gasteiger partial charge in [0.2, 0.25) is 0 Å². The molecule has 0 fully saturated rings. The van der Waals surface area contributed by atoms with Crippen molar-refractivity contribution in [2.45, 2.75) is 77.7 Å². The van der Waals surface area contributed by atoms with Crippen LogP contribution < -0.4 is 5.32 Å². The van der Waals surface area contributed by atoms with Crippen molar-refractivity contribution in [2.75, 3.05) is 6.61 Å². The fourth-order valence-electron chi connectivity index (χ4n) is 4.07. The molecule has 186 valence electrons. The zero-order valence-electron chi connectivity index (χ0n) is 21.1. The van der Waals surface area contributed by atoms with Crippen LogP contribution in [-0.2, 0) is 14.3 Å². The van der Waals surface area contributed by atoms with Crippen LogP contribution >= 0.6 is 0 Å². The number of aliphatic hydroxyl groups is 1. The van der Waals surface area contributed by atoms with Gasteiger partial charge in [0.05, 0.1) is 17.3 Å². The van der Waals surface area contributed by atoms with Gasteiger partial charge in [-0.1, -0.05) is 48.5 Å². The number of amides is 1. The number of fused-ring (bicyclic) bond motifs is 3. The number of hydrogen-bond acceptors (Lipinski definition) is 5. The van der Waals surface area contributed by atoms with Crippen molar-refractivity contribution in [3.63, 3.8) is 0 Å². The fraction of sp³-hybridized carbons (Fsp3) is 0.481. The predicted octanol–water partition coefficient (Wildman–Crippen LogP) is 4.96. The Balaban J connectivity index is 0.000000387. The summed E-state index contributed by atoms with van der Waals surface area (Å²) in [5.74, 6) is -1.42. The van der Waals surface area contributed by atoms with Crippen molar-refractivity contribution < 1.29 is 29.3 Å². The van der Waals surface area contributed by atoms with Gasteiger partial charge in [-0.2, -0.15) is 0 Å². The Kier molecular flexibility index (Phi) is 8.86. The third kappa shape index (κ3) is 7.85. The number of carbonyl (C=O) groups excluding carboxylic acids is 1. The Labute approximate surface area is 202 Å². The van der Waals surface area contributed by atoms with Crippen LogP contribution in [0.15, 0.2) is 48.5 Å². The van der Waals surface area contributed by atoms with Crippen LogP contribution in [0.5, 0.6) is 0 Å². The lowest BCUT2D eigenvalue weighted by Gasteiger charge is -2.30. The summed E-state index contributed by atoms with van der Waals surface area (Å²) >= 11 is 0. The number of rotatable bonds is 5. The highest BCUT2D eigenvalue weighted by Crippen LogP contribution is 2.44. The van der Waals surface area contributed by atoms with Gasteiger partial charge in [-0.05, 0) is 70.7 Å². The van der Waals surface area contributed by atoms with Crippen LogP contribution in [0.1, 0.15) is 65.5 Å². The first-order valence-corrected chi connectivity index (χ1v) is 11.4. The molecule has 2 aromatic rings. The third-order valence-electron chi connectivity index (χ3n) is 4.98. The van der Waals surface area contributed by atoms with E-state index in [4.69, 9.17) is 14.6 Å². The second-order valence-corrected chi connectivity index (χ2v) is 10.4. The third-order valence-corrected chi connectivity index (χ3v) is 4.98. The molecule has 0 saturated heterocycles. The molecule has 0 spiro atoms. The van der Waals surface area contributed by atoms with Crippen molar-refractivity contribution in [3.05, 3.63) is 59.7 Å². The quantitative estimate of drug-likeness (QED) is 0.569. The minimum absolute atomic E-state index is 0.0156. The van der Waals surface area contributed by atoms with E-state index in [1.165, 1.54) is 6.92 Å². The number of aliphatic hydroxyl groups excluding tert-OH is 1. The van der Waals surface area contributed by atoms with Gasteiger partial charge in [0.15, 0.2) is 6.04 Å². The molecule has 3 rings (SSSR count). The Morgan fingerprint density at radius 2 is 1.35 bits per heavy atom. The lowest BCUT2D eigenvalue weighted by Crippen LogP contribution is -2.48. The molecule has 0 radical (unpaired) electrons. The van der Waals surface area contributed by atoms with Gasteiger partial charge in [0.25, 0.3) is 0 Å². The summed E-state index contributed by atoms with van der Waals surface area (Å²) < 4.78 is 10.9. The maximum absolute atomic E-state index is 11.9. The number of nitrogens with one attached hydrogen (secondary N) is 1. The second kappa shape index (κ2) is 11.0. The SMILES string of the molecule is CC(C)(C)OC(C)(C)C.C[C@@H](O)[C@H](NC(=O)OCC1c2ccccc2-c2ccccc21)C(=O)O. The molecule has 34 heavy (non-hydrogen) atoms. The van der Waals surface area contributed by atoms with Gasteiger partial charge in [-0.15, -0.1) is 0 Å². The van der Waals surface area contributed by atoms with E-state index in [-0.39, 0.29) is 23.7 Å². The first kappa shape index (κ1) is 27.3. The van der Waals surface area contributed by atoms with E-state index in [2.05, 4.69) is 46.9 Å². The van der Waals surface area contributed by atoms with Crippen molar-refractivity contribution >= 4 is 12.1 Å². The number of carboxylic acid groups (broad SMARTS) is 1. The van der Waals surface area contributed by atoms with Crippen LogP contribution in [0, 0.1) is 0 Å².